The zero-order valence-electron chi connectivity index (χ0n) is 13.4. The van der Waals surface area contributed by atoms with Crippen molar-refractivity contribution in [2.24, 2.45) is 0 Å². The molecule has 0 heterocycles. The van der Waals surface area contributed by atoms with Crippen molar-refractivity contribution in [3.63, 3.8) is 0 Å². The van der Waals surface area contributed by atoms with Crippen LogP contribution in [0.25, 0.3) is 0 Å². The highest BCUT2D eigenvalue weighted by Crippen LogP contribution is 2.16. The van der Waals surface area contributed by atoms with Crippen LogP contribution in [0.1, 0.15) is 32.6 Å². The first-order chi connectivity index (χ1) is 11.1. The smallest absolute Gasteiger partial charge is 0.251 e. The predicted octanol–water partition coefficient (Wildman–Crippen LogP) is 3.84. The summed E-state index contributed by atoms with van der Waals surface area (Å²) in [6.07, 6.45) is 0. The molecule has 0 radical (unpaired) electrons. The number of amides is 1. The van der Waals surface area contributed by atoms with Crippen LogP contribution in [0.3, 0.4) is 0 Å². The molecule has 23 heavy (non-hydrogen) atoms. The van der Waals surface area contributed by atoms with E-state index in [0.717, 1.165) is 39.3 Å². The molecule has 0 fully saturated rings. The molecule has 1 N–H and O–H groups in total. The molecule has 0 saturated heterocycles. The fraction of sp³-hybridized carbons (Fsp3) is 0.263. The van der Waals surface area contributed by atoms with Gasteiger partial charge in [-0.2, -0.15) is 17.0 Å². The summed E-state index contributed by atoms with van der Waals surface area (Å²) in [6, 6.07) is 15.6. The van der Waals surface area contributed by atoms with Crippen LogP contribution in [0.4, 0.5) is 0 Å². The van der Waals surface area contributed by atoms with Crippen LogP contribution < -0.4 is 5.32 Å². The van der Waals surface area contributed by atoms with Crippen LogP contribution in [0.2, 0.25) is 0 Å². The van der Waals surface area contributed by atoms with E-state index in [9.17, 15) is 4.79 Å². The van der Waals surface area contributed by atoms with Gasteiger partial charge in [0.1, 0.15) is 0 Å². The molecule has 0 saturated carbocycles. The maximum atomic E-state index is 12.2. The van der Waals surface area contributed by atoms with Gasteiger partial charge in [0.15, 0.2) is 0 Å². The lowest BCUT2D eigenvalue weighted by molar-refractivity contribution is 0.0955. The molecule has 4 heteroatoms. The number of nitrogens with one attached hydrogen (secondary N) is 1. The van der Waals surface area contributed by atoms with E-state index in [2.05, 4.69) is 11.4 Å². The van der Waals surface area contributed by atoms with E-state index in [0.29, 0.717) is 6.54 Å². The maximum absolute atomic E-state index is 12.2. The third kappa shape index (κ3) is 4.61. The highest BCUT2D eigenvalue weighted by molar-refractivity contribution is 7.98. The van der Waals surface area contributed by atoms with Gasteiger partial charge in [0.05, 0.1) is 11.6 Å². The summed E-state index contributed by atoms with van der Waals surface area (Å²) in [7, 11) is 0. The first-order valence-corrected chi connectivity index (χ1v) is 8.69. The molecular formula is C19H20N2OS. The lowest BCUT2D eigenvalue weighted by Gasteiger charge is -2.09. The average molecular weight is 324 g/mol. The minimum absolute atomic E-state index is 0.0239. The van der Waals surface area contributed by atoms with Gasteiger partial charge in [-0.25, -0.2) is 0 Å². The Bertz CT molecular complexity index is 734. The molecule has 1 amide bonds. The molecule has 0 bridgehead atoms. The van der Waals surface area contributed by atoms with Crippen molar-refractivity contribution >= 4 is 17.7 Å². The Balaban J connectivity index is 1.78. The number of nitriles is 1. The standard InChI is InChI=1S/C19H20N2OS/c1-14-6-5-9-18(15(14)2)19(22)21-10-11-23-13-17-8-4-3-7-16(17)12-20/h3-9H,10-11,13H2,1-2H3,(H,21,22). The second-order valence-corrected chi connectivity index (χ2v) is 6.43. The minimum Gasteiger partial charge on any atom is -0.351 e. The number of nitrogens with zero attached hydrogens (tertiary/aromatic N) is 1. The number of benzene rings is 2. The Kier molecular flexibility index (Phi) is 6.25. The van der Waals surface area contributed by atoms with Gasteiger partial charge >= 0.3 is 0 Å². The first-order valence-electron chi connectivity index (χ1n) is 7.53. The van der Waals surface area contributed by atoms with E-state index in [1.54, 1.807) is 11.8 Å². The molecule has 0 aromatic heterocycles. The maximum Gasteiger partial charge on any atom is 0.251 e. The van der Waals surface area contributed by atoms with Gasteiger partial charge < -0.3 is 5.32 Å². The Hall–Kier alpha value is -2.25. The lowest BCUT2D eigenvalue weighted by atomic mass is 10.0. The van der Waals surface area contributed by atoms with Crippen molar-refractivity contribution in [2.75, 3.05) is 12.3 Å². The number of carbonyl (C=O) groups excluding carboxylic acids is 1. The van der Waals surface area contributed by atoms with Gasteiger partial charge in [-0.15, -0.1) is 0 Å². The summed E-state index contributed by atoms with van der Waals surface area (Å²) in [4.78, 5) is 12.2. The lowest BCUT2D eigenvalue weighted by Crippen LogP contribution is -2.26. The minimum atomic E-state index is -0.0239. The Labute approximate surface area is 141 Å². The first kappa shape index (κ1) is 17.1. The van der Waals surface area contributed by atoms with Crippen LogP contribution in [0, 0.1) is 25.2 Å². The van der Waals surface area contributed by atoms with Crippen molar-refractivity contribution in [1.29, 1.82) is 5.26 Å². The van der Waals surface area contributed by atoms with Gasteiger partial charge in [-0.05, 0) is 42.7 Å². The quantitative estimate of drug-likeness (QED) is 0.821. The molecule has 2 aromatic rings. The summed E-state index contributed by atoms with van der Waals surface area (Å²) in [5.41, 5.74) is 4.66. The van der Waals surface area contributed by atoms with Crippen LogP contribution in [-0.4, -0.2) is 18.2 Å². The fourth-order valence-electron chi connectivity index (χ4n) is 2.27. The van der Waals surface area contributed by atoms with E-state index < -0.39 is 0 Å². The van der Waals surface area contributed by atoms with Gasteiger partial charge in [-0.3, -0.25) is 4.79 Å². The van der Waals surface area contributed by atoms with E-state index in [4.69, 9.17) is 5.26 Å². The molecule has 0 unspecified atom stereocenters. The van der Waals surface area contributed by atoms with Crippen molar-refractivity contribution in [3.8, 4) is 6.07 Å². The van der Waals surface area contributed by atoms with Crippen LogP contribution in [-0.2, 0) is 5.75 Å². The topological polar surface area (TPSA) is 52.9 Å². The van der Waals surface area contributed by atoms with Crippen molar-refractivity contribution in [1.82, 2.24) is 5.32 Å². The van der Waals surface area contributed by atoms with Crippen molar-refractivity contribution in [3.05, 3.63) is 70.3 Å². The van der Waals surface area contributed by atoms with E-state index in [-0.39, 0.29) is 5.91 Å². The van der Waals surface area contributed by atoms with E-state index in [1.807, 2.05) is 56.3 Å². The largest absolute Gasteiger partial charge is 0.351 e. The molecule has 0 spiro atoms. The average Bonchev–Trinajstić information content (AvgIpc) is 2.57. The summed E-state index contributed by atoms with van der Waals surface area (Å²) in [5.74, 6) is 1.57. The number of hydrogen-bond donors (Lipinski definition) is 1. The number of hydrogen-bond acceptors (Lipinski definition) is 3. The second-order valence-electron chi connectivity index (χ2n) is 5.32. The molecule has 0 aliphatic heterocycles. The zero-order valence-corrected chi connectivity index (χ0v) is 14.2. The van der Waals surface area contributed by atoms with Gasteiger partial charge in [0.2, 0.25) is 0 Å². The Morgan fingerprint density at radius 3 is 2.74 bits per heavy atom. The van der Waals surface area contributed by atoms with E-state index >= 15 is 0 Å². The fourth-order valence-corrected chi connectivity index (χ4v) is 3.13. The van der Waals surface area contributed by atoms with Crippen molar-refractivity contribution in [2.45, 2.75) is 19.6 Å². The second kappa shape index (κ2) is 8.40. The van der Waals surface area contributed by atoms with Crippen LogP contribution in [0.15, 0.2) is 42.5 Å². The van der Waals surface area contributed by atoms with Crippen molar-refractivity contribution < 1.29 is 4.79 Å². The molecule has 0 atom stereocenters. The van der Waals surface area contributed by atoms with Gasteiger partial charge in [0.25, 0.3) is 5.91 Å². The normalized spacial score (nSPS) is 10.1. The molecule has 118 valence electrons. The number of rotatable bonds is 6. The zero-order chi connectivity index (χ0) is 16.7. The molecule has 0 aliphatic carbocycles. The molecular weight excluding hydrogens is 304 g/mol. The number of thioether (sulfide) groups is 1. The SMILES string of the molecule is Cc1cccc(C(=O)NCCSCc2ccccc2C#N)c1C. The number of carbonyl (C=O) groups is 1. The summed E-state index contributed by atoms with van der Waals surface area (Å²) >= 11 is 1.71. The Morgan fingerprint density at radius 1 is 1.17 bits per heavy atom. The monoisotopic (exact) mass is 324 g/mol. The molecule has 2 rings (SSSR count). The third-order valence-corrected chi connectivity index (χ3v) is 4.78. The summed E-state index contributed by atoms with van der Waals surface area (Å²) < 4.78 is 0. The van der Waals surface area contributed by atoms with Crippen LogP contribution in [0.5, 0.6) is 0 Å². The highest BCUT2D eigenvalue weighted by Gasteiger charge is 2.09. The third-order valence-electron chi connectivity index (χ3n) is 3.78. The van der Waals surface area contributed by atoms with E-state index in [1.165, 1.54) is 0 Å². The number of aryl methyl sites for hydroxylation is 1. The summed E-state index contributed by atoms with van der Waals surface area (Å²) in [5, 5.41) is 12.0. The summed E-state index contributed by atoms with van der Waals surface area (Å²) in [6.45, 7) is 4.60. The predicted molar refractivity (Wildman–Crippen MR) is 95.6 cm³/mol. The van der Waals surface area contributed by atoms with Crippen LogP contribution >= 0.6 is 11.8 Å². The molecule has 0 aliphatic rings. The molecule has 3 nitrogen and oxygen atoms in total. The van der Waals surface area contributed by atoms with Gasteiger partial charge in [-0.1, -0.05) is 30.3 Å². The molecule has 2 aromatic carbocycles. The van der Waals surface area contributed by atoms with Gasteiger partial charge in [0, 0.05) is 23.6 Å². The Morgan fingerprint density at radius 2 is 1.96 bits per heavy atom. The highest BCUT2D eigenvalue weighted by atomic mass is 32.2.